The highest BCUT2D eigenvalue weighted by molar-refractivity contribution is 5.66. The second-order valence-electron chi connectivity index (χ2n) is 5.55. The average molecular weight is 277 g/mol. The molecule has 1 fully saturated rings. The predicted molar refractivity (Wildman–Crippen MR) is 78.3 cm³/mol. The molecule has 0 saturated carbocycles. The molecule has 1 saturated heterocycles. The minimum absolute atomic E-state index is 0.260. The quantitative estimate of drug-likeness (QED) is 0.868. The fraction of sp³-hybridized carbons (Fsp3) is 0.562. The lowest BCUT2D eigenvalue weighted by Crippen LogP contribution is -2.28. The lowest BCUT2D eigenvalue weighted by molar-refractivity contribution is -0.137. The molecular weight excluding hydrogens is 254 g/mol. The van der Waals surface area contributed by atoms with Crippen molar-refractivity contribution in [3.05, 3.63) is 29.8 Å². The Labute approximate surface area is 120 Å². The fourth-order valence-corrected chi connectivity index (χ4v) is 2.96. The van der Waals surface area contributed by atoms with Crippen LogP contribution >= 0.6 is 0 Å². The number of aliphatic carboxylic acids is 1. The van der Waals surface area contributed by atoms with E-state index >= 15 is 0 Å². The third kappa shape index (κ3) is 3.73. The van der Waals surface area contributed by atoms with Crippen LogP contribution in [0.1, 0.15) is 37.7 Å². The molecule has 1 aliphatic heterocycles. The predicted octanol–water partition coefficient (Wildman–Crippen LogP) is 2.74. The van der Waals surface area contributed by atoms with Crippen molar-refractivity contribution in [1.82, 2.24) is 4.90 Å². The molecule has 4 heteroatoms. The largest absolute Gasteiger partial charge is 0.497 e. The minimum atomic E-state index is -0.705. The van der Waals surface area contributed by atoms with Crippen LogP contribution < -0.4 is 4.74 Å². The van der Waals surface area contributed by atoms with Crippen LogP contribution in [0.4, 0.5) is 0 Å². The molecule has 0 radical (unpaired) electrons. The second kappa shape index (κ2) is 6.75. The van der Waals surface area contributed by atoms with Gasteiger partial charge >= 0.3 is 5.97 Å². The Kier molecular flexibility index (Phi) is 5.01. The third-order valence-corrected chi connectivity index (χ3v) is 4.13. The molecule has 20 heavy (non-hydrogen) atoms. The van der Waals surface area contributed by atoms with Crippen LogP contribution in [-0.4, -0.2) is 42.2 Å². The van der Waals surface area contributed by atoms with Crippen LogP contribution in [0.25, 0.3) is 0 Å². The number of rotatable bonds is 6. The lowest BCUT2D eigenvalue weighted by Gasteiger charge is -2.20. The van der Waals surface area contributed by atoms with Crippen LogP contribution in [-0.2, 0) is 4.79 Å². The SMILES string of the molecule is COc1ccc([C@@H]2C[C@@H](C)N(CCCC(=O)O)C2)cc1. The summed E-state index contributed by atoms with van der Waals surface area (Å²) in [7, 11) is 1.68. The third-order valence-electron chi connectivity index (χ3n) is 4.13. The van der Waals surface area contributed by atoms with E-state index in [2.05, 4.69) is 24.0 Å². The number of nitrogens with zero attached hydrogens (tertiary/aromatic N) is 1. The van der Waals surface area contributed by atoms with Gasteiger partial charge in [0.1, 0.15) is 5.75 Å². The van der Waals surface area contributed by atoms with Gasteiger partial charge in [0.05, 0.1) is 7.11 Å². The van der Waals surface area contributed by atoms with Crippen molar-refractivity contribution in [3.63, 3.8) is 0 Å². The zero-order valence-corrected chi connectivity index (χ0v) is 12.2. The minimum Gasteiger partial charge on any atom is -0.497 e. The maximum atomic E-state index is 10.6. The number of methoxy groups -OCH3 is 1. The van der Waals surface area contributed by atoms with Gasteiger partial charge in [-0.2, -0.15) is 0 Å². The molecular formula is C16H23NO3. The summed E-state index contributed by atoms with van der Waals surface area (Å²) in [4.78, 5) is 13.0. The topological polar surface area (TPSA) is 49.8 Å². The van der Waals surface area contributed by atoms with Gasteiger partial charge in [-0.25, -0.2) is 0 Å². The van der Waals surface area contributed by atoms with Gasteiger partial charge in [-0.1, -0.05) is 12.1 Å². The van der Waals surface area contributed by atoms with E-state index in [1.807, 2.05) is 12.1 Å². The van der Waals surface area contributed by atoms with Gasteiger partial charge in [0, 0.05) is 19.0 Å². The highest BCUT2D eigenvalue weighted by Crippen LogP contribution is 2.32. The number of carboxylic acid groups (broad SMARTS) is 1. The van der Waals surface area contributed by atoms with Gasteiger partial charge in [-0.05, 0) is 49.9 Å². The first kappa shape index (κ1) is 14.9. The van der Waals surface area contributed by atoms with Crippen LogP contribution in [0.5, 0.6) is 5.75 Å². The maximum absolute atomic E-state index is 10.6. The van der Waals surface area contributed by atoms with E-state index in [1.165, 1.54) is 5.56 Å². The van der Waals surface area contributed by atoms with E-state index in [-0.39, 0.29) is 6.42 Å². The Morgan fingerprint density at radius 2 is 2.10 bits per heavy atom. The van der Waals surface area contributed by atoms with Crippen molar-refractivity contribution in [2.24, 2.45) is 0 Å². The normalized spacial score (nSPS) is 22.9. The standard InChI is InChI=1S/C16H23NO3/c1-12-10-14(11-17(12)9-3-4-16(18)19)13-5-7-15(20-2)8-6-13/h5-8,12,14H,3-4,9-11H2,1-2H3,(H,18,19)/t12-,14-/m1/s1. The molecule has 1 N–H and O–H groups in total. The van der Waals surface area contributed by atoms with Crippen LogP contribution in [0, 0.1) is 0 Å². The van der Waals surface area contributed by atoms with E-state index in [0.29, 0.717) is 12.0 Å². The molecule has 0 amide bonds. The summed E-state index contributed by atoms with van der Waals surface area (Å²) in [5.74, 6) is 0.724. The Morgan fingerprint density at radius 1 is 1.40 bits per heavy atom. The number of likely N-dealkylation sites (tertiary alicyclic amines) is 1. The van der Waals surface area contributed by atoms with Gasteiger partial charge in [0.2, 0.25) is 0 Å². The molecule has 1 aromatic rings. The summed E-state index contributed by atoms with van der Waals surface area (Å²) < 4.78 is 5.18. The molecule has 110 valence electrons. The number of benzene rings is 1. The molecule has 1 aliphatic rings. The smallest absolute Gasteiger partial charge is 0.303 e. The average Bonchev–Trinajstić information content (AvgIpc) is 2.80. The zero-order chi connectivity index (χ0) is 14.5. The van der Waals surface area contributed by atoms with Gasteiger partial charge < -0.3 is 14.7 Å². The molecule has 2 atom stereocenters. The van der Waals surface area contributed by atoms with Crippen molar-refractivity contribution >= 4 is 5.97 Å². The monoisotopic (exact) mass is 277 g/mol. The van der Waals surface area contributed by atoms with Crippen molar-refractivity contribution in [3.8, 4) is 5.75 Å². The van der Waals surface area contributed by atoms with Crippen LogP contribution in [0.2, 0.25) is 0 Å². The second-order valence-corrected chi connectivity index (χ2v) is 5.55. The number of carboxylic acids is 1. The van der Waals surface area contributed by atoms with E-state index in [9.17, 15) is 4.79 Å². The first-order chi connectivity index (χ1) is 9.60. The summed E-state index contributed by atoms with van der Waals surface area (Å²) in [5.41, 5.74) is 1.35. The van der Waals surface area contributed by atoms with E-state index in [4.69, 9.17) is 9.84 Å². The molecule has 1 heterocycles. The van der Waals surface area contributed by atoms with Crippen molar-refractivity contribution in [2.45, 2.75) is 38.1 Å². The fourth-order valence-electron chi connectivity index (χ4n) is 2.96. The molecule has 4 nitrogen and oxygen atoms in total. The van der Waals surface area contributed by atoms with E-state index in [1.54, 1.807) is 7.11 Å². The molecule has 0 aliphatic carbocycles. The summed E-state index contributed by atoms with van der Waals surface area (Å²) >= 11 is 0. The summed E-state index contributed by atoms with van der Waals surface area (Å²) in [6.07, 6.45) is 2.13. The first-order valence-corrected chi connectivity index (χ1v) is 7.20. The molecule has 2 rings (SSSR count). The number of ether oxygens (including phenoxy) is 1. The van der Waals surface area contributed by atoms with Gasteiger partial charge in [0.25, 0.3) is 0 Å². The van der Waals surface area contributed by atoms with Crippen molar-refractivity contribution < 1.29 is 14.6 Å². The Hall–Kier alpha value is -1.55. The Morgan fingerprint density at radius 3 is 2.70 bits per heavy atom. The molecule has 0 spiro atoms. The Bertz CT molecular complexity index is 444. The van der Waals surface area contributed by atoms with Gasteiger partial charge in [0.15, 0.2) is 0 Å². The first-order valence-electron chi connectivity index (χ1n) is 7.20. The summed E-state index contributed by atoms with van der Waals surface area (Å²) in [5, 5.41) is 8.70. The van der Waals surface area contributed by atoms with Crippen LogP contribution in [0.15, 0.2) is 24.3 Å². The zero-order valence-electron chi connectivity index (χ0n) is 12.2. The van der Waals surface area contributed by atoms with Crippen molar-refractivity contribution in [1.29, 1.82) is 0 Å². The van der Waals surface area contributed by atoms with E-state index in [0.717, 1.165) is 31.7 Å². The van der Waals surface area contributed by atoms with Gasteiger partial charge in [-0.15, -0.1) is 0 Å². The molecule has 1 aromatic carbocycles. The molecule has 0 aromatic heterocycles. The maximum Gasteiger partial charge on any atom is 0.303 e. The number of hydrogen-bond acceptors (Lipinski definition) is 3. The molecule has 0 bridgehead atoms. The number of hydrogen-bond donors (Lipinski definition) is 1. The van der Waals surface area contributed by atoms with Gasteiger partial charge in [-0.3, -0.25) is 4.79 Å². The van der Waals surface area contributed by atoms with Crippen LogP contribution in [0.3, 0.4) is 0 Å². The number of carbonyl (C=O) groups is 1. The lowest BCUT2D eigenvalue weighted by atomic mass is 9.97. The summed E-state index contributed by atoms with van der Waals surface area (Å²) in [6.45, 7) is 4.12. The molecule has 0 unspecified atom stereocenters. The van der Waals surface area contributed by atoms with Crippen molar-refractivity contribution in [2.75, 3.05) is 20.2 Å². The Balaban J connectivity index is 1.90. The van der Waals surface area contributed by atoms with E-state index < -0.39 is 5.97 Å². The highest BCUT2D eigenvalue weighted by atomic mass is 16.5. The summed E-state index contributed by atoms with van der Waals surface area (Å²) in [6, 6.07) is 8.81. The highest BCUT2D eigenvalue weighted by Gasteiger charge is 2.29.